The fourth-order valence-electron chi connectivity index (χ4n) is 3.30. The van der Waals surface area contributed by atoms with Crippen molar-refractivity contribution in [3.8, 4) is 5.75 Å². The molecule has 0 spiro atoms. The molecule has 2 aromatic rings. The molecule has 1 aliphatic rings. The summed E-state index contributed by atoms with van der Waals surface area (Å²) in [5, 5.41) is 16.5. The van der Waals surface area contributed by atoms with Crippen molar-refractivity contribution in [1.29, 1.82) is 0 Å². The second-order valence-electron chi connectivity index (χ2n) is 6.54. The van der Waals surface area contributed by atoms with Crippen LogP contribution in [0.3, 0.4) is 0 Å². The largest absolute Gasteiger partial charge is 0.506 e. The first kappa shape index (κ1) is 23.1. The van der Waals surface area contributed by atoms with E-state index < -0.39 is 11.9 Å². The van der Waals surface area contributed by atoms with Gasteiger partial charge < -0.3 is 20.2 Å². The van der Waals surface area contributed by atoms with E-state index in [1.165, 1.54) is 13.2 Å². The molecular formula is C18H24F3IN6O. The van der Waals surface area contributed by atoms with Crippen molar-refractivity contribution in [1.82, 2.24) is 20.0 Å². The Morgan fingerprint density at radius 3 is 2.45 bits per heavy atom. The maximum Gasteiger partial charge on any atom is 0.435 e. The van der Waals surface area contributed by atoms with Gasteiger partial charge in [0.25, 0.3) is 0 Å². The van der Waals surface area contributed by atoms with Crippen molar-refractivity contribution in [2.24, 2.45) is 12.0 Å². The Bertz CT molecular complexity index is 846. The number of benzene rings is 1. The van der Waals surface area contributed by atoms with E-state index in [2.05, 4.69) is 20.3 Å². The van der Waals surface area contributed by atoms with Crippen LogP contribution in [0.25, 0.3) is 0 Å². The lowest BCUT2D eigenvalue weighted by Gasteiger charge is -2.37. The third kappa shape index (κ3) is 5.46. The Labute approximate surface area is 184 Å². The molecule has 29 heavy (non-hydrogen) atoms. The number of nitrogens with one attached hydrogen (secondary N) is 1. The highest BCUT2D eigenvalue weighted by Crippen LogP contribution is 2.30. The summed E-state index contributed by atoms with van der Waals surface area (Å²) in [5.74, 6) is 0.767. The van der Waals surface area contributed by atoms with Crippen LogP contribution in [-0.2, 0) is 19.8 Å². The first-order valence-electron chi connectivity index (χ1n) is 8.88. The second kappa shape index (κ2) is 9.55. The molecule has 0 bridgehead atoms. The SMILES string of the molecule is CN=C(NCc1cn(C)nc1C(F)(F)F)N1CCN(c2ccccc2O)CC1.I. The average Bonchev–Trinajstić information content (AvgIpc) is 3.04. The van der Waals surface area contributed by atoms with Gasteiger partial charge in [-0.3, -0.25) is 9.67 Å². The monoisotopic (exact) mass is 524 g/mol. The van der Waals surface area contributed by atoms with Crippen LogP contribution < -0.4 is 10.2 Å². The van der Waals surface area contributed by atoms with Gasteiger partial charge in [0.1, 0.15) is 5.75 Å². The van der Waals surface area contributed by atoms with Crippen LogP contribution in [0.2, 0.25) is 0 Å². The van der Waals surface area contributed by atoms with Gasteiger partial charge in [-0.2, -0.15) is 18.3 Å². The molecular weight excluding hydrogens is 500 g/mol. The Hall–Kier alpha value is -2.18. The predicted molar refractivity (Wildman–Crippen MR) is 116 cm³/mol. The van der Waals surface area contributed by atoms with Gasteiger partial charge in [0.15, 0.2) is 11.7 Å². The molecule has 0 amide bonds. The van der Waals surface area contributed by atoms with E-state index in [0.717, 1.165) is 10.4 Å². The van der Waals surface area contributed by atoms with E-state index in [-0.39, 0.29) is 41.8 Å². The fraction of sp³-hybridized carbons (Fsp3) is 0.444. The molecule has 1 fully saturated rings. The molecule has 1 aliphatic heterocycles. The summed E-state index contributed by atoms with van der Waals surface area (Å²) in [5.41, 5.74) is -0.0402. The van der Waals surface area contributed by atoms with Crippen molar-refractivity contribution in [2.45, 2.75) is 12.7 Å². The summed E-state index contributed by atoms with van der Waals surface area (Å²) >= 11 is 0. The summed E-state index contributed by atoms with van der Waals surface area (Å²) < 4.78 is 40.4. The maximum atomic E-state index is 13.1. The highest BCUT2D eigenvalue weighted by atomic mass is 127. The van der Waals surface area contributed by atoms with Crippen LogP contribution in [-0.4, -0.2) is 59.0 Å². The van der Waals surface area contributed by atoms with Crippen LogP contribution in [0.1, 0.15) is 11.3 Å². The first-order chi connectivity index (χ1) is 13.3. The Morgan fingerprint density at radius 1 is 1.21 bits per heavy atom. The van der Waals surface area contributed by atoms with Crippen molar-refractivity contribution in [3.63, 3.8) is 0 Å². The molecule has 0 radical (unpaired) electrons. The lowest BCUT2D eigenvalue weighted by molar-refractivity contribution is -0.142. The number of nitrogens with zero attached hydrogens (tertiary/aromatic N) is 5. The van der Waals surface area contributed by atoms with E-state index in [4.69, 9.17) is 0 Å². The molecule has 2 N–H and O–H groups in total. The molecule has 0 aliphatic carbocycles. The number of hydrogen-bond acceptors (Lipinski definition) is 4. The number of para-hydroxylation sites is 2. The van der Waals surface area contributed by atoms with Gasteiger partial charge in [0, 0.05) is 58.6 Å². The highest BCUT2D eigenvalue weighted by molar-refractivity contribution is 14.0. The average molecular weight is 524 g/mol. The molecule has 0 unspecified atom stereocenters. The summed E-state index contributed by atoms with van der Waals surface area (Å²) in [4.78, 5) is 8.25. The molecule has 2 heterocycles. The smallest absolute Gasteiger partial charge is 0.435 e. The molecule has 1 saturated heterocycles. The number of alkyl halides is 3. The van der Waals surface area contributed by atoms with Gasteiger partial charge >= 0.3 is 6.18 Å². The Morgan fingerprint density at radius 2 is 1.86 bits per heavy atom. The number of piperazine rings is 1. The molecule has 1 aromatic heterocycles. The van der Waals surface area contributed by atoms with E-state index in [9.17, 15) is 18.3 Å². The van der Waals surface area contributed by atoms with Gasteiger partial charge in [-0.05, 0) is 12.1 Å². The zero-order chi connectivity index (χ0) is 20.3. The number of anilines is 1. The number of aryl methyl sites for hydroxylation is 1. The number of aliphatic imine (C=N–C) groups is 1. The zero-order valence-electron chi connectivity index (χ0n) is 16.1. The molecule has 1 aromatic carbocycles. The van der Waals surface area contributed by atoms with E-state index >= 15 is 0 Å². The lowest BCUT2D eigenvalue weighted by Crippen LogP contribution is -2.52. The van der Waals surface area contributed by atoms with Crippen molar-refractivity contribution in [2.75, 3.05) is 38.1 Å². The van der Waals surface area contributed by atoms with Gasteiger partial charge in [0.2, 0.25) is 0 Å². The van der Waals surface area contributed by atoms with Gasteiger partial charge in [-0.25, -0.2) is 0 Å². The molecule has 11 heteroatoms. The van der Waals surface area contributed by atoms with E-state index in [1.54, 1.807) is 19.2 Å². The third-order valence-electron chi connectivity index (χ3n) is 4.62. The standard InChI is InChI=1S/C18H23F3N6O.HI/c1-22-17(23-11-13-12-25(2)24-16(13)18(19,20)21)27-9-7-26(8-10-27)14-5-3-4-6-15(14)28;/h3-6,12,28H,7-11H2,1-2H3,(H,22,23);1H. The molecule has 0 atom stereocenters. The normalized spacial score (nSPS) is 15.3. The molecule has 3 rings (SSSR count). The minimum absolute atomic E-state index is 0. The zero-order valence-corrected chi connectivity index (χ0v) is 18.5. The van der Waals surface area contributed by atoms with Crippen LogP contribution in [0.4, 0.5) is 18.9 Å². The summed E-state index contributed by atoms with van der Waals surface area (Å²) in [6, 6.07) is 7.15. The summed E-state index contributed by atoms with van der Waals surface area (Å²) in [6.45, 7) is 2.58. The van der Waals surface area contributed by atoms with Crippen molar-refractivity contribution < 1.29 is 18.3 Å². The fourth-order valence-corrected chi connectivity index (χ4v) is 3.30. The quantitative estimate of drug-likeness (QED) is 0.367. The Kier molecular flexibility index (Phi) is 7.60. The lowest BCUT2D eigenvalue weighted by atomic mass is 10.2. The number of halogens is 4. The maximum absolute atomic E-state index is 13.1. The molecule has 0 saturated carbocycles. The summed E-state index contributed by atoms with van der Waals surface area (Å²) in [6.07, 6.45) is -3.13. The predicted octanol–water partition coefficient (Wildman–Crippen LogP) is 2.66. The number of rotatable bonds is 3. The van der Waals surface area contributed by atoms with E-state index in [0.29, 0.717) is 32.1 Å². The van der Waals surface area contributed by atoms with Crippen LogP contribution in [0.15, 0.2) is 35.5 Å². The van der Waals surface area contributed by atoms with Gasteiger partial charge in [-0.15, -0.1) is 24.0 Å². The topological polar surface area (TPSA) is 68.9 Å². The summed E-state index contributed by atoms with van der Waals surface area (Å²) in [7, 11) is 3.07. The second-order valence-corrected chi connectivity index (χ2v) is 6.54. The van der Waals surface area contributed by atoms with E-state index in [1.807, 2.05) is 17.0 Å². The minimum atomic E-state index is -4.49. The molecule has 160 valence electrons. The number of phenolic OH excluding ortho intramolecular Hbond substituents is 1. The van der Waals surface area contributed by atoms with Gasteiger partial charge in [-0.1, -0.05) is 12.1 Å². The van der Waals surface area contributed by atoms with Gasteiger partial charge in [0.05, 0.1) is 5.69 Å². The minimum Gasteiger partial charge on any atom is -0.506 e. The number of hydrogen-bond donors (Lipinski definition) is 2. The van der Waals surface area contributed by atoms with Crippen molar-refractivity contribution >= 4 is 35.6 Å². The number of aromatic nitrogens is 2. The highest BCUT2D eigenvalue weighted by Gasteiger charge is 2.37. The van der Waals surface area contributed by atoms with Crippen LogP contribution in [0.5, 0.6) is 5.75 Å². The number of guanidine groups is 1. The van der Waals surface area contributed by atoms with Crippen molar-refractivity contribution in [3.05, 3.63) is 41.7 Å². The first-order valence-corrected chi connectivity index (χ1v) is 8.88. The third-order valence-corrected chi connectivity index (χ3v) is 4.62. The van der Waals surface area contributed by atoms with Crippen LogP contribution in [0, 0.1) is 0 Å². The van der Waals surface area contributed by atoms with Crippen LogP contribution >= 0.6 is 24.0 Å². The number of phenols is 1. The number of aromatic hydroxyl groups is 1. The Balaban J connectivity index is 0.00000300. The molecule has 7 nitrogen and oxygen atoms in total.